The van der Waals surface area contributed by atoms with Crippen LogP contribution >= 0.6 is 0 Å². The number of ether oxygens (including phenoxy) is 1. The highest BCUT2D eigenvalue weighted by molar-refractivity contribution is 5.66. The van der Waals surface area contributed by atoms with Crippen LogP contribution in [0.15, 0.2) is 73.3 Å². The van der Waals surface area contributed by atoms with E-state index in [0.717, 1.165) is 11.3 Å². The molecule has 120 valence electrons. The molecule has 1 heteroatoms. The zero-order valence-electron chi connectivity index (χ0n) is 14.5. The van der Waals surface area contributed by atoms with Gasteiger partial charge in [0.25, 0.3) is 0 Å². The third kappa shape index (κ3) is 3.57. The summed E-state index contributed by atoms with van der Waals surface area (Å²) in [6, 6.07) is 22.9. The van der Waals surface area contributed by atoms with Gasteiger partial charge in [0.2, 0.25) is 0 Å². The van der Waals surface area contributed by atoms with Crippen molar-refractivity contribution in [3.63, 3.8) is 0 Å². The van der Waals surface area contributed by atoms with Crippen LogP contribution in [-0.4, -0.2) is 0 Å². The van der Waals surface area contributed by atoms with Gasteiger partial charge in [-0.15, -0.1) is 0 Å². The minimum Gasteiger partial charge on any atom is -0.457 e. The normalized spacial score (nSPS) is 10.5. The molecule has 0 bridgehead atoms. The van der Waals surface area contributed by atoms with E-state index in [1.165, 1.54) is 27.8 Å². The van der Waals surface area contributed by atoms with Gasteiger partial charge in [-0.05, 0) is 61.2 Å². The molecule has 0 heterocycles. The first kappa shape index (κ1) is 16.1. The highest BCUT2D eigenvalue weighted by atomic mass is 16.5. The summed E-state index contributed by atoms with van der Waals surface area (Å²) in [4.78, 5) is 0. The van der Waals surface area contributed by atoms with Crippen LogP contribution < -0.4 is 4.74 Å². The van der Waals surface area contributed by atoms with Crippen molar-refractivity contribution < 1.29 is 4.74 Å². The summed E-state index contributed by atoms with van der Waals surface area (Å²) in [5.74, 6) is 1.47. The van der Waals surface area contributed by atoms with Crippen LogP contribution in [0.25, 0.3) is 16.9 Å². The van der Waals surface area contributed by atoms with Crippen LogP contribution in [0, 0.1) is 20.8 Å². The monoisotopic (exact) mass is 314 g/mol. The number of hydrogen-bond donors (Lipinski definition) is 0. The van der Waals surface area contributed by atoms with Gasteiger partial charge in [0.05, 0.1) is 0 Å². The summed E-state index contributed by atoms with van der Waals surface area (Å²) in [6.07, 6.45) is 0. The van der Waals surface area contributed by atoms with Crippen molar-refractivity contribution in [1.29, 1.82) is 0 Å². The van der Waals surface area contributed by atoms with Crippen molar-refractivity contribution in [2.75, 3.05) is 0 Å². The maximum atomic E-state index is 5.91. The van der Waals surface area contributed by atoms with E-state index in [1.54, 1.807) is 0 Å². The van der Waals surface area contributed by atoms with Crippen LogP contribution in [0.5, 0.6) is 5.75 Å². The summed E-state index contributed by atoms with van der Waals surface area (Å²) < 4.78 is 5.91. The smallest absolute Gasteiger partial charge is 0.127 e. The molecule has 0 spiro atoms. The Morgan fingerprint density at radius 2 is 1.29 bits per heavy atom. The largest absolute Gasteiger partial charge is 0.457 e. The summed E-state index contributed by atoms with van der Waals surface area (Å²) in [7, 11) is 0. The van der Waals surface area contributed by atoms with E-state index >= 15 is 0 Å². The van der Waals surface area contributed by atoms with Gasteiger partial charge in [-0.2, -0.15) is 0 Å². The Kier molecular flexibility index (Phi) is 4.52. The fourth-order valence-corrected chi connectivity index (χ4v) is 2.58. The first-order valence-corrected chi connectivity index (χ1v) is 8.14. The molecule has 0 aliphatic heterocycles. The molecule has 0 unspecified atom stereocenters. The Labute approximate surface area is 144 Å². The van der Waals surface area contributed by atoms with Crippen molar-refractivity contribution >= 4 is 5.76 Å². The standard InChI is InChI=1S/C23H22O/c1-16-5-8-20(9-6-16)21-11-13-23(14-12-21)24-19(4)22-10-7-17(2)18(3)15-22/h5-15H,4H2,1-3H3. The Morgan fingerprint density at radius 3 is 1.88 bits per heavy atom. The molecule has 0 amide bonds. The third-order valence-corrected chi connectivity index (χ3v) is 4.31. The second-order valence-electron chi connectivity index (χ2n) is 6.21. The zero-order valence-corrected chi connectivity index (χ0v) is 14.5. The van der Waals surface area contributed by atoms with Gasteiger partial charge < -0.3 is 4.74 Å². The van der Waals surface area contributed by atoms with Crippen molar-refractivity contribution in [3.8, 4) is 16.9 Å². The predicted octanol–water partition coefficient (Wildman–Crippen LogP) is 6.33. The molecule has 0 aliphatic carbocycles. The van der Waals surface area contributed by atoms with Gasteiger partial charge in [0.15, 0.2) is 0 Å². The minimum absolute atomic E-state index is 0.668. The number of benzene rings is 3. The molecular weight excluding hydrogens is 292 g/mol. The molecular formula is C23H22O. The van der Waals surface area contributed by atoms with E-state index in [9.17, 15) is 0 Å². The molecule has 1 nitrogen and oxygen atoms in total. The molecule has 0 radical (unpaired) electrons. The average molecular weight is 314 g/mol. The Hall–Kier alpha value is -2.80. The SMILES string of the molecule is C=C(Oc1ccc(-c2ccc(C)cc2)cc1)c1ccc(C)c(C)c1. The predicted molar refractivity (Wildman–Crippen MR) is 102 cm³/mol. The molecule has 0 saturated carbocycles. The topological polar surface area (TPSA) is 9.23 Å². The molecule has 3 rings (SSSR count). The zero-order chi connectivity index (χ0) is 17.1. The first-order chi connectivity index (χ1) is 11.5. The van der Waals surface area contributed by atoms with Crippen molar-refractivity contribution in [2.24, 2.45) is 0 Å². The van der Waals surface area contributed by atoms with E-state index in [4.69, 9.17) is 4.74 Å². The van der Waals surface area contributed by atoms with Crippen LogP contribution in [0.2, 0.25) is 0 Å². The van der Waals surface area contributed by atoms with E-state index in [-0.39, 0.29) is 0 Å². The number of aryl methyl sites for hydroxylation is 3. The lowest BCUT2D eigenvalue weighted by Crippen LogP contribution is -1.94. The summed E-state index contributed by atoms with van der Waals surface area (Å²) in [6.45, 7) is 10.4. The van der Waals surface area contributed by atoms with Crippen molar-refractivity contribution in [2.45, 2.75) is 20.8 Å². The number of hydrogen-bond acceptors (Lipinski definition) is 1. The van der Waals surface area contributed by atoms with Crippen molar-refractivity contribution in [1.82, 2.24) is 0 Å². The highest BCUT2D eigenvalue weighted by Gasteiger charge is 2.04. The van der Waals surface area contributed by atoms with Crippen LogP contribution in [0.4, 0.5) is 0 Å². The maximum Gasteiger partial charge on any atom is 0.127 e. The minimum atomic E-state index is 0.668. The lowest BCUT2D eigenvalue weighted by atomic mass is 10.0. The summed E-state index contributed by atoms with van der Waals surface area (Å²) in [5.41, 5.74) is 7.18. The number of rotatable bonds is 4. The second kappa shape index (κ2) is 6.76. The van der Waals surface area contributed by atoms with Gasteiger partial charge in [-0.25, -0.2) is 0 Å². The van der Waals surface area contributed by atoms with Crippen LogP contribution in [0.3, 0.4) is 0 Å². The molecule has 3 aromatic rings. The molecule has 3 aromatic carbocycles. The Morgan fingerprint density at radius 1 is 0.708 bits per heavy atom. The lowest BCUT2D eigenvalue weighted by molar-refractivity contribution is 0.517. The molecule has 24 heavy (non-hydrogen) atoms. The van der Waals surface area contributed by atoms with E-state index < -0.39 is 0 Å². The lowest BCUT2D eigenvalue weighted by Gasteiger charge is -2.11. The fourth-order valence-electron chi connectivity index (χ4n) is 2.58. The van der Waals surface area contributed by atoms with Gasteiger partial charge in [0, 0.05) is 5.56 Å². The Bertz CT molecular complexity index is 856. The van der Waals surface area contributed by atoms with Gasteiger partial charge in [-0.1, -0.05) is 60.7 Å². The molecule has 0 saturated heterocycles. The van der Waals surface area contributed by atoms with E-state index in [2.05, 4.69) is 75.9 Å². The molecule has 0 atom stereocenters. The first-order valence-electron chi connectivity index (χ1n) is 8.14. The summed E-state index contributed by atoms with van der Waals surface area (Å²) >= 11 is 0. The van der Waals surface area contributed by atoms with E-state index in [1.807, 2.05) is 18.2 Å². The van der Waals surface area contributed by atoms with Gasteiger partial charge in [-0.3, -0.25) is 0 Å². The average Bonchev–Trinajstić information content (AvgIpc) is 2.59. The van der Waals surface area contributed by atoms with Gasteiger partial charge >= 0.3 is 0 Å². The Balaban J connectivity index is 1.75. The maximum absolute atomic E-state index is 5.91. The van der Waals surface area contributed by atoms with Gasteiger partial charge in [0.1, 0.15) is 11.5 Å². The third-order valence-electron chi connectivity index (χ3n) is 4.31. The van der Waals surface area contributed by atoms with Crippen LogP contribution in [-0.2, 0) is 0 Å². The second-order valence-corrected chi connectivity index (χ2v) is 6.21. The van der Waals surface area contributed by atoms with Crippen LogP contribution in [0.1, 0.15) is 22.3 Å². The molecule has 0 fully saturated rings. The molecule has 0 aromatic heterocycles. The fraction of sp³-hybridized carbons (Fsp3) is 0.130. The van der Waals surface area contributed by atoms with E-state index in [0.29, 0.717) is 5.76 Å². The molecule has 0 N–H and O–H groups in total. The quantitative estimate of drug-likeness (QED) is 0.511. The summed E-state index contributed by atoms with van der Waals surface area (Å²) in [5, 5.41) is 0. The van der Waals surface area contributed by atoms with Crippen molar-refractivity contribution in [3.05, 3.63) is 95.6 Å². The highest BCUT2D eigenvalue weighted by Crippen LogP contribution is 2.26. The molecule has 0 aliphatic rings.